The molecule has 0 aliphatic carbocycles. The van der Waals surface area contributed by atoms with Gasteiger partial charge in [0.15, 0.2) is 17.5 Å². The lowest BCUT2D eigenvalue weighted by Gasteiger charge is -2.39. The van der Waals surface area contributed by atoms with E-state index in [1.165, 1.54) is 0 Å². The lowest BCUT2D eigenvalue weighted by atomic mass is 9.74. The maximum atomic E-state index is 13.4. The van der Waals surface area contributed by atoms with E-state index in [2.05, 4.69) is 15.2 Å². The number of likely N-dealkylation sites (tertiary alicyclic amines) is 1. The third-order valence-electron chi connectivity index (χ3n) is 7.55. The van der Waals surface area contributed by atoms with Crippen LogP contribution in [0.3, 0.4) is 0 Å². The van der Waals surface area contributed by atoms with Gasteiger partial charge in [0.05, 0.1) is 24.1 Å². The number of hydrogen-bond donors (Lipinski definition) is 3. The number of pyridine rings is 1. The van der Waals surface area contributed by atoms with Gasteiger partial charge in [-0.2, -0.15) is 0 Å². The minimum Gasteiger partial charge on any atom is -0.497 e. The van der Waals surface area contributed by atoms with Crippen LogP contribution >= 0.6 is 0 Å². The maximum Gasteiger partial charge on any atom is 0.309 e. The summed E-state index contributed by atoms with van der Waals surface area (Å²) >= 11 is 0. The lowest BCUT2D eigenvalue weighted by Crippen LogP contribution is -2.45. The molecule has 38 heavy (non-hydrogen) atoms. The molecule has 1 atom stereocenters. The van der Waals surface area contributed by atoms with Crippen LogP contribution in [0.1, 0.15) is 42.9 Å². The Labute approximate surface area is 219 Å². The fraction of sp³-hybridized carbons (Fsp3) is 0.429. The first-order chi connectivity index (χ1) is 18.1. The molecular weight excluding hydrogens is 499 g/mol. The molecular formula is C28H32F3N3O4. The molecule has 1 unspecified atom stereocenters. The van der Waals surface area contributed by atoms with Crippen LogP contribution in [-0.2, 0) is 4.79 Å². The fourth-order valence-corrected chi connectivity index (χ4v) is 5.21. The van der Waals surface area contributed by atoms with Crippen molar-refractivity contribution < 1.29 is 32.9 Å². The predicted molar refractivity (Wildman–Crippen MR) is 138 cm³/mol. The third kappa shape index (κ3) is 5.86. The van der Waals surface area contributed by atoms with Gasteiger partial charge in [0.1, 0.15) is 5.75 Å². The van der Waals surface area contributed by atoms with Crippen LogP contribution in [0.25, 0.3) is 10.9 Å². The Morgan fingerprint density at radius 2 is 1.87 bits per heavy atom. The van der Waals surface area contributed by atoms with Gasteiger partial charge in [-0.1, -0.05) is 0 Å². The van der Waals surface area contributed by atoms with Gasteiger partial charge < -0.3 is 25.2 Å². The van der Waals surface area contributed by atoms with E-state index in [-0.39, 0.29) is 12.1 Å². The number of aliphatic carboxylic acids is 1. The van der Waals surface area contributed by atoms with Crippen molar-refractivity contribution >= 4 is 22.6 Å². The molecule has 1 aliphatic heterocycles. The fourth-order valence-electron chi connectivity index (χ4n) is 5.21. The van der Waals surface area contributed by atoms with Gasteiger partial charge in [0.2, 0.25) is 0 Å². The molecule has 204 valence electrons. The number of benzene rings is 2. The summed E-state index contributed by atoms with van der Waals surface area (Å²) in [4.78, 5) is 18.9. The highest BCUT2D eigenvalue weighted by atomic mass is 19.2. The molecule has 1 aromatic heterocycles. The highest BCUT2D eigenvalue weighted by Gasteiger charge is 2.41. The van der Waals surface area contributed by atoms with Crippen molar-refractivity contribution in [3.63, 3.8) is 0 Å². The summed E-state index contributed by atoms with van der Waals surface area (Å²) in [6.45, 7) is 3.83. The minimum atomic E-state index is -1.51. The third-order valence-corrected chi connectivity index (χ3v) is 7.55. The summed E-state index contributed by atoms with van der Waals surface area (Å²) in [6, 6.07) is 7.27. The zero-order valence-corrected chi connectivity index (χ0v) is 21.4. The maximum absolute atomic E-state index is 13.4. The van der Waals surface area contributed by atoms with E-state index in [0.29, 0.717) is 51.2 Å². The molecule has 1 aliphatic rings. The number of carboxylic acids is 1. The molecule has 0 spiro atoms. The van der Waals surface area contributed by atoms with E-state index in [9.17, 15) is 28.2 Å². The number of nitrogens with zero attached hydrogens (tertiary/aromatic N) is 2. The summed E-state index contributed by atoms with van der Waals surface area (Å²) in [7, 11) is 1.57. The number of methoxy groups -OCH3 is 1. The average molecular weight is 532 g/mol. The second-order valence-electron chi connectivity index (χ2n) is 9.90. The SMILES string of the molecule is COc1ccc2ncc(C)c(C(O)CCC3(C(=O)O)CCN(CCNc4cc(F)c(F)c(F)c4)CC3)c2c1. The van der Waals surface area contributed by atoms with Crippen LogP contribution in [0.15, 0.2) is 36.5 Å². The molecule has 0 radical (unpaired) electrons. The van der Waals surface area contributed by atoms with Crippen molar-refractivity contribution in [2.45, 2.75) is 38.7 Å². The highest BCUT2D eigenvalue weighted by molar-refractivity contribution is 5.85. The topological polar surface area (TPSA) is 94.9 Å². The summed E-state index contributed by atoms with van der Waals surface area (Å²) < 4.78 is 45.3. The van der Waals surface area contributed by atoms with Gasteiger partial charge in [-0.15, -0.1) is 0 Å². The van der Waals surface area contributed by atoms with E-state index >= 15 is 0 Å². The van der Waals surface area contributed by atoms with Crippen LogP contribution in [-0.4, -0.2) is 59.4 Å². The van der Waals surface area contributed by atoms with Crippen molar-refractivity contribution in [2.75, 3.05) is 38.6 Å². The number of carbonyl (C=O) groups is 1. The number of nitrogens with one attached hydrogen (secondary N) is 1. The van der Waals surface area contributed by atoms with Crippen LogP contribution in [0, 0.1) is 29.8 Å². The van der Waals surface area contributed by atoms with Crippen molar-refractivity contribution in [2.24, 2.45) is 5.41 Å². The second kappa shape index (κ2) is 11.6. The Morgan fingerprint density at radius 3 is 2.50 bits per heavy atom. The summed E-state index contributed by atoms with van der Waals surface area (Å²) in [5.41, 5.74) is 1.47. The molecule has 0 bridgehead atoms. The van der Waals surface area contributed by atoms with Crippen molar-refractivity contribution in [1.29, 1.82) is 0 Å². The molecule has 10 heteroatoms. The van der Waals surface area contributed by atoms with E-state index in [4.69, 9.17) is 4.74 Å². The monoisotopic (exact) mass is 531 g/mol. The number of aromatic nitrogens is 1. The number of ether oxygens (including phenoxy) is 1. The number of piperidine rings is 1. The van der Waals surface area contributed by atoms with Crippen molar-refractivity contribution in [3.05, 3.63) is 65.1 Å². The van der Waals surface area contributed by atoms with Crippen LogP contribution in [0.5, 0.6) is 5.75 Å². The van der Waals surface area contributed by atoms with Crippen molar-refractivity contribution in [3.8, 4) is 5.75 Å². The molecule has 0 saturated carbocycles. The molecule has 3 aromatic rings. The minimum absolute atomic E-state index is 0.142. The summed E-state index contributed by atoms with van der Waals surface area (Å²) in [5.74, 6) is -4.25. The molecule has 0 amide bonds. The Bertz CT molecular complexity index is 1290. The normalized spacial score (nSPS) is 16.4. The summed E-state index contributed by atoms with van der Waals surface area (Å²) in [6.07, 6.45) is 2.28. The van der Waals surface area contributed by atoms with E-state index in [1.54, 1.807) is 19.4 Å². The first-order valence-electron chi connectivity index (χ1n) is 12.6. The highest BCUT2D eigenvalue weighted by Crippen LogP contribution is 2.40. The standard InChI is InChI=1S/C28H32F3N3O4/c1-17-16-33-23-4-3-19(38-2)15-20(23)25(17)24(35)5-6-28(27(36)37)7-10-34(11-8-28)12-9-32-18-13-21(29)26(31)22(30)14-18/h3-4,13-16,24,32,35H,5-12H2,1-2H3,(H,36,37). The first kappa shape index (κ1) is 27.7. The Hall–Kier alpha value is -3.37. The number of anilines is 1. The Kier molecular flexibility index (Phi) is 8.42. The van der Waals surface area contributed by atoms with Gasteiger partial charge in [-0.05, 0) is 75.0 Å². The number of aliphatic hydroxyl groups is 1. The van der Waals surface area contributed by atoms with E-state index in [0.717, 1.165) is 34.2 Å². The average Bonchev–Trinajstić information content (AvgIpc) is 2.90. The number of halogens is 3. The number of rotatable bonds is 10. The van der Waals surface area contributed by atoms with E-state index in [1.807, 2.05) is 19.1 Å². The van der Waals surface area contributed by atoms with Gasteiger partial charge in [-0.25, -0.2) is 13.2 Å². The molecule has 2 heterocycles. The molecule has 3 N–H and O–H groups in total. The number of aliphatic hydroxyl groups excluding tert-OH is 1. The number of carboxylic acid groups (broad SMARTS) is 1. The van der Waals surface area contributed by atoms with E-state index < -0.39 is 34.9 Å². The van der Waals surface area contributed by atoms with Gasteiger partial charge in [-0.3, -0.25) is 9.78 Å². The molecule has 7 nitrogen and oxygen atoms in total. The molecule has 2 aromatic carbocycles. The zero-order chi connectivity index (χ0) is 27.4. The Balaban J connectivity index is 1.36. The molecule has 4 rings (SSSR count). The molecule has 1 saturated heterocycles. The second-order valence-corrected chi connectivity index (χ2v) is 9.90. The first-order valence-corrected chi connectivity index (χ1v) is 12.6. The number of aryl methyl sites for hydroxylation is 1. The van der Waals surface area contributed by atoms with Gasteiger partial charge >= 0.3 is 5.97 Å². The summed E-state index contributed by atoms with van der Waals surface area (Å²) in [5, 5.41) is 24.9. The van der Waals surface area contributed by atoms with Crippen LogP contribution in [0.2, 0.25) is 0 Å². The van der Waals surface area contributed by atoms with Crippen molar-refractivity contribution in [1.82, 2.24) is 9.88 Å². The van der Waals surface area contributed by atoms with Crippen LogP contribution in [0.4, 0.5) is 18.9 Å². The Morgan fingerprint density at radius 1 is 1.18 bits per heavy atom. The largest absolute Gasteiger partial charge is 0.497 e. The number of fused-ring (bicyclic) bond motifs is 1. The zero-order valence-electron chi connectivity index (χ0n) is 21.4. The van der Waals surface area contributed by atoms with Gasteiger partial charge in [0.25, 0.3) is 0 Å². The predicted octanol–water partition coefficient (Wildman–Crippen LogP) is 5.06. The van der Waals surface area contributed by atoms with Crippen LogP contribution < -0.4 is 10.1 Å². The van der Waals surface area contributed by atoms with Gasteiger partial charge in [0, 0.05) is 42.5 Å². The number of hydrogen-bond acceptors (Lipinski definition) is 6. The lowest BCUT2D eigenvalue weighted by molar-refractivity contribution is -0.153. The molecule has 1 fully saturated rings. The smallest absolute Gasteiger partial charge is 0.309 e. The quantitative estimate of drug-likeness (QED) is 0.315.